The summed E-state index contributed by atoms with van der Waals surface area (Å²) in [6.07, 6.45) is 3.62. The van der Waals surface area contributed by atoms with Crippen LogP contribution < -0.4 is 5.32 Å². The fourth-order valence-corrected chi connectivity index (χ4v) is 4.58. The van der Waals surface area contributed by atoms with Gasteiger partial charge >= 0.3 is 0 Å². The van der Waals surface area contributed by atoms with Crippen molar-refractivity contribution >= 4 is 34.8 Å². The van der Waals surface area contributed by atoms with Gasteiger partial charge < -0.3 is 5.32 Å². The van der Waals surface area contributed by atoms with Crippen molar-refractivity contribution in [3.05, 3.63) is 108 Å². The van der Waals surface area contributed by atoms with E-state index < -0.39 is 5.25 Å². The van der Waals surface area contributed by atoms with E-state index in [0.29, 0.717) is 10.7 Å². The molecule has 1 fully saturated rings. The Morgan fingerprint density at radius 1 is 0.971 bits per heavy atom. The maximum absolute atomic E-state index is 12.5. The van der Waals surface area contributed by atoms with Gasteiger partial charge in [-0.2, -0.15) is 10.2 Å². The molecule has 1 saturated heterocycles. The smallest absolute Gasteiger partial charge is 0.240 e. The Kier molecular flexibility index (Phi) is 6.63. The van der Waals surface area contributed by atoms with Crippen LogP contribution in [0.3, 0.4) is 0 Å². The molecule has 1 amide bonds. The van der Waals surface area contributed by atoms with Crippen LogP contribution in [0.25, 0.3) is 16.9 Å². The average molecular weight is 480 g/mol. The number of nitrogens with one attached hydrogen (secondary N) is 1. The Morgan fingerprint density at radius 3 is 2.34 bits per heavy atom. The van der Waals surface area contributed by atoms with Gasteiger partial charge in [0.15, 0.2) is 11.0 Å². The van der Waals surface area contributed by atoms with Crippen molar-refractivity contribution in [3.63, 3.8) is 0 Å². The molecule has 1 aliphatic rings. The second-order valence-electron chi connectivity index (χ2n) is 7.82. The van der Waals surface area contributed by atoms with E-state index in [9.17, 15) is 9.59 Å². The Bertz CT molecular complexity index is 1400. The SMILES string of the molecule is O=C(CC1S/C(=N/N=C/c2cn(-c3ccccc3)nc2-c2ccccc2)NC1=O)c1ccccc1. The molecule has 7 nitrogen and oxygen atoms in total. The highest BCUT2D eigenvalue weighted by Gasteiger charge is 2.32. The van der Waals surface area contributed by atoms with Crippen LogP contribution in [0, 0.1) is 0 Å². The van der Waals surface area contributed by atoms with Crippen LogP contribution in [-0.2, 0) is 4.79 Å². The summed E-state index contributed by atoms with van der Waals surface area (Å²) in [6.45, 7) is 0. The molecule has 35 heavy (non-hydrogen) atoms. The molecular weight excluding hydrogens is 458 g/mol. The van der Waals surface area contributed by atoms with Crippen molar-refractivity contribution in [1.82, 2.24) is 15.1 Å². The van der Waals surface area contributed by atoms with E-state index in [1.165, 1.54) is 11.8 Å². The lowest BCUT2D eigenvalue weighted by atomic mass is 10.1. The molecule has 0 radical (unpaired) electrons. The van der Waals surface area contributed by atoms with E-state index in [2.05, 4.69) is 15.5 Å². The summed E-state index contributed by atoms with van der Waals surface area (Å²) in [6, 6.07) is 28.6. The summed E-state index contributed by atoms with van der Waals surface area (Å²) in [5.41, 5.74) is 4.04. The van der Waals surface area contributed by atoms with Crippen molar-refractivity contribution in [2.45, 2.75) is 11.7 Å². The topological polar surface area (TPSA) is 88.7 Å². The lowest BCUT2D eigenvalue weighted by Gasteiger charge is -2.04. The first-order valence-electron chi connectivity index (χ1n) is 11.0. The van der Waals surface area contributed by atoms with E-state index in [0.717, 1.165) is 22.5 Å². The molecule has 8 heteroatoms. The van der Waals surface area contributed by atoms with Gasteiger partial charge in [0.1, 0.15) is 5.69 Å². The number of hydrogen-bond acceptors (Lipinski definition) is 6. The fourth-order valence-electron chi connectivity index (χ4n) is 3.66. The second-order valence-corrected chi connectivity index (χ2v) is 9.01. The first-order valence-corrected chi connectivity index (χ1v) is 11.9. The lowest BCUT2D eigenvalue weighted by Crippen LogP contribution is -2.26. The molecule has 0 bridgehead atoms. The number of nitrogens with zero attached hydrogens (tertiary/aromatic N) is 4. The molecule has 2 heterocycles. The van der Waals surface area contributed by atoms with Gasteiger partial charge in [0.2, 0.25) is 5.91 Å². The highest BCUT2D eigenvalue weighted by molar-refractivity contribution is 8.15. The first kappa shape index (κ1) is 22.5. The third-order valence-corrected chi connectivity index (χ3v) is 6.47. The maximum Gasteiger partial charge on any atom is 0.240 e. The minimum absolute atomic E-state index is 0.0798. The normalized spacial score (nSPS) is 16.6. The third kappa shape index (κ3) is 5.28. The van der Waals surface area contributed by atoms with Crippen molar-refractivity contribution in [2.75, 3.05) is 0 Å². The Labute approximate surface area is 206 Å². The number of rotatable bonds is 7. The van der Waals surface area contributed by atoms with Crippen molar-refractivity contribution in [3.8, 4) is 16.9 Å². The number of amidine groups is 1. The van der Waals surface area contributed by atoms with Gasteiger partial charge in [-0.1, -0.05) is 90.6 Å². The molecule has 0 spiro atoms. The molecule has 0 aliphatic carbocycles. The average Bonchev–Trinajstić information content (AvgIpc) is 3.49. The molecule has 3 aromatic carbocycles. The third-order valence-electron chi connectivity index (χ3n) is 5.40. The number of para-hydroxylation sites is 1. The standard InChI is InChI=1S/C27H21N5O2S/c33-23(19-10-4-1-5-11-19)16-24-26(34)29-27(35-24)30-28-17-21-18-32(22-14-8-3-9-15-22)31-25(21)20-12-6-2-7-13-20/h1-15,17-18,24H,16H2,(H,29,30,34)/b28-17+. The van der Waals surface area contributed by atoms with Crippen molar-refractivity contribution < 1.29 is 9.59 Å². The second kappa shape index (κ2) is 10.3. The maximum atomic E-state index is 12.5. The van der Waals surface area contributed by atoms with Gasteiger partial charge in [0.05, 0.1) is 17.2 Å². The zero-order valence-electron chi connectivity index (χ0n) is 18.6. The van der Waals surface area contributed by atoms with Gasteiger partial charge in [-0.15, -0.1) is 5.10 Å². The number of hydrogen-bond donors (Lipinski definition) is 1. The molecule has 1 atom stereocenters. The summed E-state index contributed by atoms with van der Waals surface area (Å²) in [4.78, 5) is 24.8. The summed E-state index contributed by atoms with van der Waals surface area (Å²) in [5, 5.41) is 15.7. The van der Waals surface area contributed by atoms with E-state index in [1.54, 1.807) is 35.2 Å². The summed E-state index contributed by atoms with van der Waals surface area (Å²) >= 11 is 1.21. The van der Waals surface area contributed by atoms with Crippen LogP contribution in [0.15, 0.2) is 107 Å². The molecule has 0 saturated carbocycles. The van der Waals surface area contributed by atoms with Crippen molar-refractivity contribution in [1.29, 1.82) is 0 Å². The zero-order valence-corrected chi connectivity index (χ0v) is 19.4. The molecule has 1 N–H and O–H groups in total. The molecule has 1 aliphatic heterocycles. The van der Waals surface area contributed by atoms with Crippen LogP contribution in [-0.4, -0.2) is 38.1 Å². The van der Waals surface area contributed by atoms with E-state index in [4.69, 9.17) is 5.10 Å². The van der Waals surface area contributed by atoms with E-state index >= 15 is 0 Å². The number of thioether (sulfide) groups is 1. The van der Waals surface area contributed by atoms with Crippen LogP contribution in [0.4, 0.5) is 0 Å². The Morgan fingerprint density at radius 2 is 1.63 bits per heavy atom. The van der Waals surface area contributed by atoms with Crippen LogP contribution in [0.2, 0.25) is 0 Å². The van der Waals surface area contributed by atoms with Gasteiger partial charge in [0, 0.05) is 29.3 Å². The summed E-state index contributed by atoms with van der Waals surface area (Å²) < 4.78 is 1.80. The quantitative estimate of drug-likeness (QED) is 0.236. The van der Waals surface area contributed by atoms with Crippen molar-refractivity contribution in [2.24, 2.45) is 10.2 Å². The highest BCUT2D eigenvalue weighted by Crippen LogP contribution is 2.25. The number of Topliss-reactive ketones (excluding diaryl/α,β-unsaturated/α-hetero) is 1. The number of carbonyl (C=O) groups is 2. The molecule has 4 aromatic rings. The molecule has 5 rings (SSSR count). The molecule has 172 valence electrons. The number of aromatic nitrogens is 2. The lowest BCUT2D eigenvalue weighted by molar-refractivity contribution is -0.118. The minimum Gasteiger partial charge on any atom is -0.303 e. The summed E-state index contributed by atoms with van der Waals surface area (Å²) in [5.74, 6) is -0.320. The molecule has 1 unspecified atom stereocenters. The monoisotopic (exact) mass is 479 g/mol. The number of amides is 1. The van der Waals surface area contributed by atoms with Crippen LogP contribution in [0.5, 0.6) is 0 Å². The van der Waals surface area contributed by atoms with Crippen LogP contribution >= 0.6 is 11.8 Å². The number of ketones is 1. The van der Waals surface area contributed by atoms with Gasteiger partial charge in [-0.3, -0.25) is 9.59 Å². The van der Waals surface area contributed by atoms with E-state index in [-0.39, 0.29) is 18.1 Å². The predicted molar refractivity (Wildman–Crippen MR) is 139 cm³/mol. The van der Waals surface area contributed by atoms with Gasteiger partial charge in [-0.25, -0.2) is 4.68 Å². The minimum atomic E-state index is -0.530. The van der Waals surface area contributed by atoms with E-state index in [1.807, 2.05) is 72.9 Å². The number of carbonyl (C=O) groups excluding carboxylic acids is 2. The largest absolute Gasteiger partial charge is 0.303 e. The zero-order chi connectivity index (χ0) is 24.0. The Balaban J connectivity index is 1.34. The molecule has 1 aromatic heterocycles. The fraction of sp³-hybridized carbons (Fsp3) is 0.0741. The predicted octanol–water partition coefficient (Wildman–Crippen LogP) is 4.73. The van der Waals surface area contributed by atoms with Crippen LogP contribution in [0.1, 0.15) is 22.3 Å². The summed E-state index contributed by atoms with van der Waals surface area (Å²) in [7, 11) is 0. The Hall–Kier alpha value is -4.30. The van der Waals surface area contributed by atoms with Gasteiger partial charge in [-0.05, 0) is 12.1 Å². The first-order chi connectivity index (χ1) is 17.2. The van der Waals surface area contributed by atoms with Gasteiger partial charge in [0.25, 0.3) is 0 Å². The highest BCUT2D eigenvalue weighted by atomic mass is 32.2. The molecular formula is C27H21N5O2S. The number of benzene rings is 3.